The minimum Gasteiger partial charge on any atom is -0.478 e. The molecule has 2 heterocycles. The number of carbonyl (C=O) groups is 2. The molecule has 0 saturated carbocycles. The lowest BCUT2D eigenvalue weighted by Gasteiger charge is -2.07. The van der Waals surface area contributed by atoms with Crippen LogP contribution in [-0.4, -0.2) is 40.9 Å². The van der Waals surface area contributed by atoms with Crippen LogP contribution in [0.2, 0.25) is 0 Å². The number of carboxylic acid groups (broad SMARTS) is 1. The summed E-state index contributed by atoms with van der Waals surface area (Å²) in [7, 11) is 1.65. The molecule has 2 aromatic rings. The Morgan fingerprint density at radius 2 is 1.93 bits per heavy atom. The number of hydrogen-bond acceptors (Lipinski definition) is 6. The van der Waals surface area contributed by atoms with Gasteiger partial charge in [-0.3, -0.25) is 9.69 Å². The summed E-state index contributed by atoms with van der Waals surface area (Å²) in [4.78, 5) is 30.0. The van der Waals surface area contributed by atoms with E-state index in [1.807, 2.05) is 12.1 Å². The third-order valence-corrected chi connectivity index (χ3v) is 5.87. The predicted octanol–water partition coefficient (Wildman–Crippen LogP) is 4.11. The van der Waals surface area contributed by atoms with Crippen LogP contribution in [0.4, 0.5) is 5.69 Å². The molecule has 142 valence electrons. The van der Waals surface area contributed by atoms with Crippen LogP contribution in [-0.2, 0) is 4.79 Å². The van der Waals surface area contributed by atoms with Crippen LogP contribution in [0, 0.1) is 0 Å². The third kappa shape index (κ3) is 3.50. The van der Waals surface area contributed by atoms with E-state index in [0.717, 1.165) is 10.0 Å². The fourth-order valence-electron chi connectivity index (χ4n) is 2.63. The minimum atomic E-state index is -0.999. The van der Waals surface area contributed by atoms with E-state index in [-0.39, 0.29) is 18.3 Å². The summed E-state index contributed by atoms with van der Waals surface area (Å²) in [6.45, 7) is 0.176. The summed E-state index contributed by atoms with van der Waals surface area (Å²) >= 11 is 4.73. The van der Waals surface area contributed by atoms with Crippen LogP contribution in [0.5, 0.6) is 11.5 Å². The maximum absolute atomic E-state index is 12.6. The molecule has 0 unspecified atom stereocenters. The quantitative estimate of drug-likeness (QED) is 0.693. The molecular weight excluding hydrogens is 448 g/mol. The van der Waals surface area contributed by atoms with Gasteiger partial charge in [-0.15, -0.1) is 0 Å². The van der Waals surface area contributed by atoms with Gasteiger partial charge in [0.2, 0.25) is 6.79 Å². The van der Waals surface area contributed by atoms with Gasteiger partial charge in [0.05, 0.1) is 16.2 Å². The zero-order valence-electron chi connectivity index (χ0n) is 14.5. The molecule has 2 aliphatic rings. The summed E-state index contributed by atoms with van der Waals surface area (Å²) in [5.41, 5.74) is 1.54. The highest BCUT2D eigenvalue weighted by molar-refractivity contribution is 9.10. The van der Waals surface area contributed by atoms with Crippen LogP contribution in [0.25, 0.3) is 6.08 Å². The van der Waals surface area contributed by atoms with Crippen molar-refractivity contribution in [2.45, 2.75) is 0 Å². The average molecular weight is 461 g/mol. The second-order valence-corrected chi connectivity index (χ2v) is 7.81. The number of likely N-dealkylation sites (N-methyl/N-ethyl adjacent to an activating group) is 1. The van der Waals surface area contributed by atoms with Crippen LogP contribution >= 0.6 is 27.7 Å². The van der Waals surface area contributed by atoms with Gasteiger partial charge in [-0.2, -0.15) is 0 Å². The van der Waals surface area contributed by atoms with Crippen LogP contribution < -0.4 is 9.47 Å². The summed E-state index contributed by atoms with van der Waals surface area (Å²) in [6.07, 6.45) is 1.77. The van der Waals surface area contributed by atoms with Crippen molar-refractivity contribution in [2.24, 2.45) is 4.99 Å². The highest BCUT2D eigenvalue weighted by Gasteiger charge is 2.30. The highest BCUT2D eigenvalue weighted by atomic mass is 79.9. The smallest absolute Gasteiger partial charge is 0.335 e. The van der Waals surface area contributed by atoms with Gasteiger partial charge in [-0.1, -0.05) is 15.9 Å². The number of nitrogens with zero attached hydrogens (tertiary/aromatic N) is 2. The van der Waals surface area contributed by atoms with Crippen LogP contribution in [0.15, 0.2) is 50.8 Å². The first-order valence-electron chi connectivity index (χ1n) is 8.11. The number of halogens is 1. The van der Waals surface area contributed by atoms with Gasteiger partial charge in [0.1, 0.15) is 0 Å². The highest BCUT2D eigenvalue weighted by Crippen LogP contribution is 2.40. The summed E-state index contributed by atoms with van der Waals surface area (Å²) in [5, 5.41) is 9.48. The second-order valence-electron chi connectivity index (χ2n) is 5.95. The Hall–Kier alpha value is -2.78. The first kappa shape index (κ1) is 18.6. The molecule has 1 N–H and O–H groups in total. The lowest BCUT2D eigenvalue weighted by atomic mass is 10.2. The molecule has 0 atom stereocenters. The summed E-state index contributed by atoms with van der Waals surface area (Å²) < 4.78 is 11.5. The van der Waals surface area contributed by atoms with Gasteiger partial charge >= 0.3 is 5.97 Å². The van der Waals surface area contributed by atoms with Crippen molar-refractivity contribution < 1.29 is 24.2 Å². The second kappa shape index (κ2) is 7.33. The molecule has 9 heteroatoms. The number of carbonyl (C=O) groups excluding carboxylic acids is 1. The molecule has 7 nitrogen and oxygen atoms in total. The summed E-state index contributed by atoms with van der Waals surface area (Å²) in [6, 6.07) is 9.78. The number of ether oxygens (including phenoxy) is 2. The molecule has 1 fully saturated rings. The number of hydrogen-bond donors (Lipinski definition) is 1. The minimum absolute atomic E-state index is 0.171. The molecule has 28 heavy (non-hydrogen) atoms. The van der Waals surface area contributed by atoms with E-state index in [2.05, 4.69) is 20.9 Å². The number of aliphatic imine (C=N–C) groups is 1. The number of thioether (sulfide) groups is 1. The Morgan fingerprint density at radius 3 is 2.61 bits per heavy atom. The normalized spacial score (nSPS) is 18.4. The Morgan fingerprint density at radius 1 is 1.25 bits per heavy atom. The van der Waals surface area contributed by atoms with Gasteiger partial charge in [0.15, 0.2) is 16.7 Å². The molecule has 2 aliphatic heterocycles. The molecule has 1 amide bonds. The van der Waals surface area contributed by atoms with E-state index in [0.29, 0.717) is 27.3 Å². The largest absolute Gasteiger partial charge is 0.478 e. The van der Waals surface area contributed by atoms with Crippen LogP contribution in [0.3, 0.4) is 0 Å². The summed E-state index contributed by atoms with van der Waals surface area (Å²) in [5.74, 6) is 0.117. The zero-order chi connectivity index (χ0) is 19.8. The number of carboxylic acids is 1. The molecule has 0 bridgehead atoms. The van der Waals surface area contributed by atoms with Crippen molar-refractivity contribution in [1.29, 1.82) is 0 Å². The van der Waals surface area contributed by atoms with E-state index < -0.39 is 5.97 Å². The molecular formula is C19H13BrN2O5S. The van der Waals surface area contributed by atoms with Crippen molar-refractivity contribution in [2.75, 3.05) is 13.8 Å². The lowest BCUT2D eigenvalue weighted by Crippen LogP contribution is -2.23. The Balaban J connectivity index is 1.62. The lowest BCUT2D eigenvalue weighted by molar-refractivity contribution is -0.121. The number of benzene rings is 2. The van der Waals surface area contributed by atoms with E-state index >= 15 is 0 Å². The monoisotopic (exact) mass is 460 g/mol. The van der Waals surface area contributed by atoms with Gasteiger partial charge in [0, 0.05) is 11.5 Å². The number of aromatic carboxylic acids is 1. The Bertz CT molecular complexity index is 1050. The number of amides is 1. The van der Waals surface area contributed by atoms with Gasteiger partial charge in [0.25, 0.3) is 5.91 Å². The van der Waals surface area contributed by atoms with E-state index in [1.165, 1.54) is 28.8 Å². The maximum atomic E-state index is 12.6. The Labute approximate surface area is 172 Å². The maximum Gasteiger partial charge on any atom is 0.335 e. The topological polar surface area (TPSA) is 88.4 Å². The Kier molecular flexibility index (Phi) is 4.86. The number of fused-ring (bicyclic) bond motifs is 1. The SMILES string of the molecule is CN1C(=O)/C(=C/c2cc3c(cc2Br)OCO3)SC1=Nc1ccc(C(=O)O)cc1. The van der Waals surface area contributed by atoms with Gasteiger partial charge in [-0.25, -0.2) is 9.79 Å². The number of amidine groups is 1. The first-order chi connectivity index (χ1) is 13.4. The fraction of sp³-hybridized carbons (Fsp3) is 0.105. The average Bonchev–Trinajstić information content (AvgIpc) is 3.22. The van der Waals surface area contributed by atoms with Crippen molar-refractivity contribution in [3.8, 4) is 11.5 Å². The molecule has 0 aromatic heterocycles. The van der Waals surface area contributed by atoms with Crippen LogP contribution in [0.1, 0.15) is 15.9 Å². The van der Waals surface area contributed by atoms with Crippen molar-refractivity contribution >= 4 is 56.5 Å². The number of rotatable bonds is 3. The van der Waals surface area contributed by atoms with E-state index in [4.69, 9.17) is 14.6 Å². The third-order valence-electron chi connectivity index (χ3n) is 4.12. The molecule has 0 radical (unpaired) electrons. The van der Waals surface area contributed by atoms with E-state index in [9.17, 15) is 9.59 Å². The van der Waals surface area contributed by atoms with Gasteiger partial charge < -0.3 is 14.6 Å². The fourth-order valence-corrected chi connectivity index (χ4v) is 4.04. The standard InChI is InChI=1S/C19H13BrN2O5S/c1-22-17(23)16(7-11-6-14-15(8-13(11)20)27-9-26-14)28-19(22)21-12-4-2-10(3-5-12)18(24)25/h2-8H,9H2,1H3,(H,24,25)/b16-7-,21-19?. The van der Waals surface area contributed by atoms with Crippen molar-refractivity contribution in [3.05, 3.63) is 56.9 Å². The molecule has 2 aromatic carbocycles. The molecule has 0 spiro atoms. The first-order valence-corrected chi connectivity index (χ1v) is 9.72. The molecule has 0 aliphatic carbocycles. The molecule has 1 saturated heterocycles. The van der Waals surface area contributed by atoms with Crippen molar-refractivity contribution in [1.82, 2.24) is 4.90 Å². The van der Waals surface area contributed by atoms with E-state index in [1.54, 1.807) is 25.3 Å². The predicted molar refractivity (Wildman–Crippen MR) is 109 cm³/mol. The zero-order valence-corrected chi connectivity index (χ0v) is 16.9. The molecule has 4 rings (SSSR count). The van der Waals surface area contributed by atoms with Gasteiger partial charge in [-0.05, 0) is 59.8 Å². The van der Waals surface area contributed by atoms with Crippen molar-refractivity contribution in [3.63, 3.8) is 0 Å².